The lowest BCUT2D eigenvalue weighted by molar-refractivity contribution is 0.0175. The predicted octanol–water partition coefficient (Wildman–Crippen LogP) is 1.81. The van der Waals surface area contributed by atoms with Crippen molar-refractivity contribution in [1.82, 2.24) is 15.1 Å². The van der Waals surface area contributed by atoms with E-state index in [1.807, 2.05) is 0 Å². The van der Waals surface area contributed by atoms with Crippen LogP contribution >= 0.6 is 0 Å². The average molecular weight is 297 g/mol. The molecule has 0 aromatic carbocycles. The second-order valence-electron chi connectivity index (χ2n) is 7.49. The van der Waals surface area contributed by atoms with Crippen molar-refractivity contribution in [2.45, 2.75) is 52.6 Å². The highest BCUT2D eigenvalue weighted by molar-refractivity contribution is 4.90. The van der Waals surface area contributed by atoms with Gasteiger partial charge in [0.2, 0.25) is 0 Å². The molecule has 1 N–H and O–H groups in total. The SMILES string of the molecule is CCCNC(C)C(C)(C)CN1CCC(N2CCOCC2)C1. The zero-order valence-electron chi connectivity index (χ0n) is 14.5. The Morgan fingerprint density at radius 1 is 1.24 bits per heavy atom. The quantitative estimate of drug-likeness (QED) is 0.775. The minimum Gasteiger partial charge on any atom is -0.379 e. The Morgan fingerprint density at radius 3 is 2.62 bits per heavy atom. The van der Waals surface area contributed by atoms with Crippen LogP contribution in [0.3, 0.4) is 0 Å². The Bertz CT molecular complexity index is 302. The summed E-state index contributed by atoms with van der Waals surface area (Å²) in [5.41, 5.74) is 0.328. The van der Waals surface area contributed by atoms with Crippen molar-refractivity contribution in [3.8, 4) is 0 Å². The number of likely N-dealkylation sites (tertiary alicyclic amines) is 1. The van der Waals surface area contributed by atoms with Gasteiger partial charge in [0.05, 0.1) is 13.2 Å². The van der Waals surface area contributed by atoms with E-state index < -0.39 is 0 Å². The van der Waals surface area contributed by atoms with Crippen molar-refractivity contribution in [2.24, 2.45) is 5.41 Å². The van der Waals surface area contributed by atoms with Gasteiger partial charge in [-0.3, -0.25) is 4.90 Å². The number of nitrogens with one attached hydrogen (secondary N) is 1. The van der Waals surface area contributed by atoms with Crippen molar-refractivity contribution in [3.63, 3.8) is 0 Å². The lowest BCUT2D eigenvalue weighted by Gasteiger charge is -2.37. The second kappa shape index (κ2) is 7.91. The third-order valence-electron chi connectivity index (χ3n) is 5.31. The zero-order valence-corrected chi connectivity index (χ0v) is 14.5. The van der Waals surface area contributed by atoms with Crippen LogP contribution < -0.4 is 5.32 Å². The molecule has 2 fully saturated rings. The predicted molar refractivity (Wildman–Crippen MR) is 88.8 cm³/mol. The molecule has 0 saturated carbocycles. The van der Waals surface area contributed by atoms with Crippen LogP contribution in [0.1, 0.15) is 40.5 Å². The molecule has 124 valence electrons. The van der Waals surface area contributed by atoms with E-state index in [0.29, 0.717) is 11.5 Å². The Kier molecular flexibility index (Phi) is 6.48. The molecule has 0 radical (unpaired) electrons. The Hall–Kier alpha value is -0.160. The van der Waals surface area contributed by atoms with Crippen molar-refractivity contribution in [2.75, 3.05) is 52.5 Å². The summed E-state index contributed by atoms with van der Waals surface area (Å²) in [6, 6.07) is 1.32. The Labute approximate surface area is 131 Å². The Balaban J connectivity index is 1.78. The summed E-state index contributed by atoms with van der Waals surface area (Å²) in [6.07, 6.45) is 2.54. The van der Waals surface area contributed by atoms with E-state index in [9.17, 15) is 0 Å². The first-order valence-electron chi connectivity index (χ1n) is 8.80. The fourth-order valence-electron chi connectivity index (χ4n) is 3.55. The van der Waals surface area contributed by atoms with E-state index in [2.05, 4.69) is 42.8 Å². The van der Waals surface area contributed by atoms with Crippen LogP contribution in [0.2, 0.25) is 0 Å². The standard InChI is InChI=1S/C17H35N3O/c1-5-7-18-15(2)17(3,4)14-19-8-6-16(13-19)20-9-11-21-12-10-20/h15-16,18H,5-14H2,1-4H3. The van der Waals surface area contributed by atoms with Gasteiger partial charge < -0.3 is 15.0 Å². The highest BCUT2D eigenvalue weighted by atomic mass is 16.5. The lowest BCUT2D eigenvalue weighted by atomic mass is 9.84. The minimum absolute atomic E-state index is 0.328. The number of hydrogen-bond acceptors (Lipinski definition) is 4. The average Bonchev–Trinajstić information content (AvgIpc) is 2.93. The van der Waals surface area contributed by atoms with Gasteiger partial charge in [-0.2, -0.15) is 0 Å². The Morgan fingerprint density at radius 2 is 1.95 bits per heavy atom. The fraction of sp³-hybridized carbons (Fsp3) is 1.00. The van der Waals surface area contributed by atoms with Gasteiger partial charge in [0.25, 0.3) is 0 Å². The summed E-state index contributed by atoms with van der Waals surface area (Å²) < 4.78 is 5.47. The number of morpholine rings is 1. The monoisotopic (exact) mass is 297 g/mol. The molecule has 2 heterocycles. The number of nitrogens with zero attached hydrogens (tertiary/aromatic N) is 2. The molecule has 0 aliphatic carbocycles. The van der Waals surface area contributed by atoms with E-state index >= 15 is 0 Å². The van der Waals surface area contributed by atoms with Crippen molar-refractivity contribution in [1.29, 1.82) is 0 Å². The second-order valence-corrected chi connectivity index (χ2v) is 7.49. The third kappa shape index (κ3) is 4.92. The molecule has 2 unspecified atom stereocenters. The normalized spacial score (nSPS) is 27.1. The molecule has 2 aliphatic heterocycles. The molecule has 0 spiro atoms. The summed E-state index contributed by atoms with van der Waals surface area (Å²) in [4.78, 5) is 5.31. The van der Waals surface area contributed by atoms with Crippen molar-refractivity contribution >= 4 is 0 Å². The lowest BCUT2D eigenvalue weighted by Crippen LogP contribution is -2.48. The van der Waals surface area contributed by atoms with Crippen LogP contribution in [-0.2, 0) is 4.74 Å². The molecular formula is C17H35N3O. The van der Waals surface area contributed by atoms with Crippen LogP contribution in [0.4, 0.5) is 0 Å². The molecule has 0 amide bonds. The molecule has 0 aromatic heterocycles. The molecule has 2 rings (SSSR count). The first-order valence-corrected chi connectivity index (χ1v) is 8.80. The van der Waals surface area contributed by atoms with E-state index in [1.54, 1.807) is 0 Å². The van der Waals surface area contributed by atoms with Gasteiger partial charge >= 0.3 is 0 Å². The maximum absolute atomic E-state index is 5.47. The molecule has 0 aromatic rings. The smallest absolute Gasteiger partial charge is 0.0594 e. The first-order chi connectivity index (χ1) is 10.0. The molecular weight excluding hydrogens is 262 g/mol. The fourth-order valence-corrected chi connectivity index (χ4v) is 3.55. The summed E-state index contributed by atoms with van der Waals surface area (Å²) >= 11 is 0. The summed E-state index contributed by atoms with van der Waals surface area (Å²) in [5.74, 6) is 0. The number of ether oxygens (including phenoxy) is 1. The zero-order chi connectivity index (χ0) is 15.3. The molecule has 0 bridgehead atoms. The number of hydrogen-bond donors (Lipinski definition) is 1. The minimum atomic E-state index is 0.328. The van der Waals surface area contributed by atoms with Crippen LogP contribution in [-0.4, -0.2) is 74.4 Å². The van der Waals surface area contributed by atoms with E-state index in [1.165, 1.54) is 32.5 Å². The summed E-state index contributed by atoms with van der Waals surface area (Å²) in [5, 5.41) is 3.67. The van der Waals surface area contributed by atoms with Gasteiger partial charge in [-0.05, 0) is 38.3 Å². The largest absolute Gasteiger partial charge is 0.379 e. The maximum atomic E-state index is 5.47. The highest BCUT2D eigenvalue weighted by Gasteiger charge is 2.33. The van der Waals surface area contributed by atoms with Crippen LogP contribution in [0.15, 0.2) is 0 Å². The van der Waals surface area contributed by atoms with Gasteiger partial charge in [0, 0.05) is 38.3 Å². The summed E-state index contributed by atoms with van der Waals surface area (Å²) in [6.45, 7) is 18.3. The molecule has 4 nitrogen and oxygen atoms in total. The van der Waals surface area contributed by atoms with E-state index in [4.69, 9.17) is 4.74 Å². The highest BCUT2D eigenvalue weighted by Crippen LogP contribution is 2.26. The maximum Gasteiger partial charge on any atom is 0.0594 e. The summed E-state index contributed by atoms with van der Waals surface area (Å²) in [7, 11) is 0. The molecule has 21 heavy (non-hydrogen) atoms. The van der Waals surface area contributed by atoms with Gasteiger partial charge in [0.15, 0.2) is 0 Å². The van der Waals surface area contributed by atoms with Crippen molar-refractivity contribution < 1.29 is 4.74 Å². The van der Waals surface area contributed by atoms with Crippen LogP contribution in [0.25, 0.3) is 0 Å². The van der Waals surface area contributed by atoms with Gasteiger partial charge in [-0.1, -0.05) is 20.8 Å². The van der Waals surface area contributed by atoms with Crippen LogP contribution in [0, 0.1) is 5.41 Å². The first kappa shape index (κ1) is 17.2. The van der Waals surface area contributed by atoms with Crippen molar-refractivity contribution in [3.05, 3.63) is 0 Å². The van der Waals surface area contributed by atoms with E-state index in [0.717, 1.165) is 38.9 Å². The third-order valence-corrected chi connectivity index (χ3v) is 5.31. The molecule has 2 atom stereocenters. The van der Waals surface area contributed by atoms with Gasteiger partial charge in [0.1, 0.15) is 0 Å². The van der Waals surface area contributed by atoms with Gasteiger partial charge in [-0.15, -0.1) is 0 Å². The van der Waals surface area contributed by atoms with E-state index in [-0.39, 0.29) is 0 Å². The number of rotatable bonds is 7. The van der Waals surface area contributed by atoms with Gasteiger partial charge in [-0.25, -0.2) is 0 Å². The molecule has 2 saturated heterocycles. The topological polar surface area (TPSA) is 27.7 Å². The molecule has 4 heteroatoms. The molecule has 2 aliphatic rings. The van der Waals surface area contributed by atoms with Crippen LogP contribution in [0.5, 0.6) is 0 Å².